The minimum Gasteiger partial charge on any atom is -0.402 e. The molecule has 0 aliphatic carbocycles. The number of nitrogens with zero attached hydrogens (tertiary/aromatic N) is 3. The Labute approximate surface area is 181 Å². The summed E-state index contributed by atoms with van der Waals surface area (Å²) in [7, 11) is 0. The van der Waals surface area contributed by atoms with Gasteiger partial charge in [-0.3, -0.25) is 0 Å². The van der Waals surface area contributed by atoms with Crippen molar-refractivity contribution in [3.63, 3.8) is 0 Å². The summed E-state index contributed by atoms with van der Waals surface area (Å²) in [4.78, 5) is 32.1. The molecule has 0 saturated carbocycles. The Kier molecular flexibility index (Phi) is 5.85. The first-order valence-electron chi connectivity index (χ1n) is 9.85. The zero-order valence-electron chi connectivity index (χ0n) is 16.8. The highest BCUT2D eigenvalue weighted by Gasteiger charge is 2.32. The van der Waals surface area contributed by atoms with Crippen LogP contribution >= 0.6 is 0 Å². The fourth-order valence-corrected chi connectivity index (χ4v) is 3.30. The van der Waals surface area contributed by atoms with Crippen molar-refractivity contribution >= 4 is 23.6 Å². The van der Waals surface area contributed by atoms with Gasteiger partial charge in [-0.05, 0) is 30.3 Å². The largest absolute Gasteiger partial charge is 0.416 e. The number of ether oxygens (including phenoxy) is 1. The third-order valence-corrected chi connectivity index (χ3v) is 4.99. The number of alkyl halides is 3. The number of urea groups is 1. The summed E-state index contributed by atoms with van der Waals surface area (Å²) in [5.74, 6) is -0.908. The molecular weight excluding hydrogens is 425 g/mol. The van der Waals surface area contributed by atoms with E-state index in [1.54, 1.807) is 17.0 Å². The van der Waals surface area contributed by atoms with Crippen molar-refractivity contribution in [1.29, 1.82) is 0 Å². The number of rotatable bonds is 3. The number of hydrogen-bond donors (Lipinski definition) is 1. The van der Waals surface area contributed by atoms with Crippen molar-refractivity contribution in [2.75, 3.05) is 31.5 Å². The van der Waals surface area contributed by atoms with Gasteiger partial charge in [-0.25, -0.2) is 14.6 Å². The van der Waals surface area contributed by atoms with E-state index in [2.05, 4.69) is 10.3 Å². The van der Waals surface area contributed by atoms with Crippen LogP contribution in [0.4, 0.5) is 23.7 Å². The zero-order valence-corrected chi connectivity index (χ0v) is 16.8. The maximum Gasteiger partial charge on any atom is 0.416 e. The lowest BCUT2D eigenvalue weighted by Crippen LogP contribution is -2.48. The normalized spacial score (nSPS) is 17.9. The molecule has 32 heavy (non-hydrogen) atoms. The van der Waals surface area contributed by atoms with Gasteiger partial charge in [0, 0.05) is 43.6 Å². The predicted octanol–water partition coefficient (Wildman–Crippen LogP) is 3.70. The van der Waals surface area contributed by atoms with Gasteiger partial charge in [0.15, 0.2) is 5.70 Å². The van der Waals surface area contributed by atoms with Gasteiger partial charge in [0.25, 0.3) is 0 Å². The van der Waals surface area contributed by atoms with Gasteiger partial charge in [-0.2, -0.15) is 13.2 Å². The fourth-order valence-electron chi connectivity index (χ4n) is 3.30. The van der Waals surface area contributed by atoms with E-state index in [0.717, 1.165) is 12.1 Å². The number of esters is 1. The molecule has 2 heterocycles. The van der Waals surface area contributed by atoms with Crippen LogP contribution in [0, 0.1) is 0 Å². The second-order valence-corrected chi connectivity index (χ2v) is 7.22. The quantitative estimate of drug-likeness (QED) is 0.579. The molecule has 2 aliphatic rings. The fraction of sp³-hybridized carbons (Fsp3) is 0.227. The summed E-state index contributed by atoms with van der Waals surface area (Å²) in [6, 6.07) is 13.3. The van der Waals surface area contributed by atoms with Crippen LogP contribution in [-0.4, -0.2) is 53.9 Å². The van der Waals surface area contributed by atoms with E-state index in [0.29, 0.717) is 31.9 Å². The summed E-state index contributed by atoms with van der Waals surface area (Å²) < 4.78 is 43.9. The van der Waals surface area contributed by atoms with Crippen LogP contribution in [0.2, 0.25) is 0 Å². The third-order valence-electron chi connectivity index (χ3n) is 4.99. The number of anilines is 1. The first-order chi connectivity index (χ1) is 15.3. The average molecular weight is 444 g/mol. The van der Waals surface area contributed by atoms with Gasteiger partial charge >= 0.3 is 18.2 Å². The molecule has 0 atom stereocenters. The van der Waals surface area contributed by atoms with Crippen LogP contribution < -0.4 is 5.32 Å². The second kappa shape index (κ2) is 8.74. The molecule has 166 valence electrons. The smallest absolute Gasteiger partial charge is 0.402 e. The van der Waals surface area contributed by atoms with Gasteiger partial charge in [0.05, 0.1) is 5.56 Å². The number of carbonyl (C=O) groups is 2. The molecule has 2 aromatic rings. The SMILES string of the molecule is O=C1OC(c2cccc(C(F)(F)F)c2)=N/C1=C/N1CCN(C(=O)Nc2ccccc2)CC1. The van der Waals surface area contributed by atoms with Crippen LogP contribution in [0.1, 0.15) is 11.1 Å². The number of para-hydroxylation sites is 1. The molecule has 10 heteroatoms. The zero-order chi connectivity index (χ0) is 22.7. The Bertz CT molecular complexity index is 1080. The molecule has 2 aromatic carbocycles. The van der Waals surface area contributed by atoms with Crippen molar-refractivity contribution in [2.45, 2.75) is 6.18 Å². The second-order valence-electron chi connectivity index (χ2n) is 7.22. The molecule has 0 unspecified atom stereocenters. The Morgan fingerprint density at radius 2 is 1.75 bits per heavy atom. The van der Waals surface area contributed by atoms with Crippen LogP contribution in [-0.2, 0) is 15.7 Å². The topological polar surface area (TPSA) is 74.2 Å². The number of cyclic esters (lactones) is 1. The van der Waals surface area contributed by atoms with Crippen molar-refractivity contribution in [3.8, 4) is 0 Å². The lowest BCUT2D eigenvalue weighted by molar-refractivity contribution is -0.137. The number of nitrogens with one attached hydrogen (secondary N) is 1. The first kappa shape index (κ1) is 21.4. The summed E-state index contributed by atoms with van der Waals surface area (Å²) in [5.41, 5.74) is -0.0816. The van der Waals surface area contributed by atoms with Gasteiger partial charge in [-0.1, -0.05) is 24.3 Å². The minimum atomic E-state index is -4.51. The van der Waals surface area contributed by atoms with Gasteiger partial charge in [0.1, 0.15) is 0 Å². The molecule has 7 nitrogen and oxygen atoms in total. The molecular formula is C22H19F3N4O3. The maximum absolute atomic E-state index is 12.9. The van der Waals surface area contributed by atoms with Crippen molar-refractivity contribution in [1.82, 2.24) is 9.80 Å². The number of halogens is 3. The molecule has 1 N–H and O–H groups in total. The Hall–Kier alpha value is -3.82. The van der Waals surface area contributed by atoms with E-state index >= 15 is 0 Å². The van der Waals surface area contributed by atoms with E-state index < -0.39 is 17.7 Å². The molecule has 0 bridgehead atoms. The van der Waals surface area contributed by atoms with E-state index in [-0.39, 0.29) is 23.2 Å². The lowest BCUT2D eigenvalue weighted by atomic mass is 10.1. The highest BCUT2D eigenvalue weighted by atomic mass is 19.4. The van der Waals surface area contributed by atoms with E-state index in [4.69, 9.17) is 4.74 Å². The Morgan fingerprint density at radius 1 is 1.03 bits per heavy atom. The third kappa shape index (κ3) is 4.90. The van der Waals surface area contributed by atoms with Crippen LogP contribution in [0.25, 0.3) is 0 Å². The van der Waals surface area contributed by atoms with Crippen LogP contribution in [0.15, 0.2) is 71.5 Å². The number of amides is 2. The van der Waals surface area contributed by atoms with Gasteiger partial charge < -0.3 is 19.9 Å². The molecule has 0 aromatic heterocycles. The Balaban J connectivity index is 1.39. The maximum atomic E-state index is 12.9. The lowest BCUT2D eigenvalue weighted by Gasteiger charge is -2.34. The molecule has 1 saturated heterocycles. The monoisotopic (exact) mass is 444 g/mol. The average Bonchev–Trinajstić information content (AvgIpc) is 3.14. The summed E-state index contributed by atoms with van der Waals surface area (Å²) in [5, 5.41) is 2.82. The highest BCUT2D eigenvalue weighted by Crippen LogP contribution is 2.30. The molecule has 0 radical (unpaired) electrons. The van der Waals surface area contributed by atoms with Crippen molar-refractivity contribution in [2.24, 2.45) is 4.99 Å². The highest BCUT2D eigenvalue weighted by molar-refractivity contribution is 6.11. The first-order valence-corrected chi connectivity index (χ1v) is 9.85. The molecule has 2 amide bonds. The van der Waals surface area contributed by atoms with Crippen LogP contribution in [0.3, 0.4) is 0 Å². The number of carbonyl (C=O) groups excluding carboxylic acids is 2. The summed E-state index contributed by atoms with van der Waals surface area (Å²) >= 11 is 0. The Morgan fingerprint density at radius 3 is 2.44 bits per heavy atom. The van der Waals surface area contributed by atoms with Gasteiger partial charge in [-0.15, -0.1) is 0 Å². The number of piperazine rings is 1. The summed E-state index contributed by atoms with van der Waals surface area (Å²) in [6.07, 6.45) is -3.00. The standard InChI is InChI=1S/C22H19F3N4O3/c23-22(24,25)16-6-4-5-15(13-16)19-27-18(20(30)32-19)14-28-9-11-29(12-10-28)21(31)26-17-7-2-1-3-8-17/h1-8,13-14H,9-12H2,(H,26,31)/b18-14+. The molecule has 4 rings (SSSR count). The number of hydrogen-bond acceptors (Lipinski definition) is 5. The summed E-state index contributed by atoms with van der Waals surface area (Å²) in [6.45, 7) is 1.80. The van der Waals surface area contributed by atoms with Crippen molar-refractivity contribution < 1.29 is 27.5 Å². The van der Waals surface area contributed by atoms with Gasteiger partial charge in [0.2, 0.25) is 5.90 Å². The molecule has 0 spiro atoms. The number of benzene rings is 2. The van der Waals surface area contributed by atoms with E-state index in [1.807, 2.05) is 23.1 Å². The molecule has 1 fully saturated rings. The van der Waals surface area contributed by atoms with E-state index in [9.17, 15) is 22.8 Å². The van der Waals surface area contributed by atoms with Crippen molar-refractivity contribution in [3.05, 3.63) is 77.6 Å². The predicted molar refractivity (Wildman–Crippen MR) is 111 cm³/mol. The van der Waals surface area contributed by atoms with Crippen LogP contribution in [0.5, 0.6) is 0 Å². The number of aliphatic imine (C=N–C) groups is 1. The minimum absolute atomic E-state index is 0.000371. The van der Waals surface area contributed by atoms with E-state index in [1.165, 1.54) is 18.3 Å². The molecule has 2 aliphatic heterocycles.